The van der Waals surface area contributed by atoms with Crippen LogP contribution in [0, 0.1) is 17.6 Å². The van der Waals surface area contributed by atoms with E-state index in [-0.39, 0.29) is 0 Å². The summed E-state index contributed by atoms with van der Waals surface area (Å²) in [5.74, 6) is -21.8. The molecule has 0 N–H and O–H groups in total. The molecule has 18 heavy (non-hydrogen) atoms. The summed E-state index contributed by atoms with van der Waals surface area (Å²) in [6.07, 6.45) is -6.78. The summed E-state index contributed by atoms with van der Waals surface area (Å²) in [7, 11) is 0. The van der Waals surface area contributed by atoms with Gasteiger partial charge in [0, 0.05) is 0 Å². The summed E-state index contributed by atoms with van der Waals surface area (Å²) < 4.78 is 125. The largest absolute Gasteiger partial charge is 0.460 e. The van der Waals surface area contributed by atoms with E-state index in [1.807, 2.05) is 0 Å². The molecule has 0 saturated heterocycles. The van der Waals surface area contributed by atoms with E-state index < -0.39 is 41.4 Å². The molecular weight excluding hydrogens is 290 g/mol. The van der Waals surface area contributed by atoms with Crippen LogP contribution in [0.2, 0.25) is 0 Å². The molecule has 0 amide bonds. The van der Waals surface area contributed by atoms with Gasteiger partial charge in [0.2, 0.25) is 17.4 Å². The molecular formula is C7F10O. The fraction of sp³-hybridized carbons (Fsp3) is 0.429. The minimum absolute atomic E-state index is 2.67. The predicted octanol–water partition coefficient (Wildman–Crippen LogP) is 3.99. The molecule has 0 aliphatic carbocycles. The average Bonchev–Trinajstić information content (AvgIpc) is 2.44. The van der Waals surface area contributed by atoms with Crippen LogP contribution in [-0.2, 0) is 5.92 Å². The molecule has 0 aromatic carbocycles. The number of hydrogen-bond donors (Lipinski definition) is 0. The summed E-state index contributed by atoms with van der Waals surface area (Å²) >= 11 is 0. The fourth-order valence-electron chi connectivity index (χ4n) is 0.888. The molecule has 0 bridgehead atoms. The third kappa shape index (κ3) is 1.81. The average molecular weight is 290 g/mol. The Bertz CT molecular complexity index is 456. The van der Waals surface area contributed by atoms with Crippen molar-refractivity contribution in [3.63, 3.8) is 0 Å². The monoisotopic (exact) mass is 290 g/mol. The highest BCUT2D eigenvalue weighted by molar-refractivity contribution is 5.16. The number of furan rings is 1. The molecule has 0 atom stereocenters. The standard InChI is InChI=1S/C7F10O/c8-1-2(9)4(10)18-3(1)5(11,12)6(13,14)7(15,16)17. The number of halogens is 10. The Morgan fingerprint density at radius 1 is 0.722 bits per heavy atom. The molecule has 11 heteroatoms. The first-order valence-electron chi connectivity index (χ1n) is 3.80. The molecule has 1 nitrogen and oxygen atoms in total. The molecule has 0 aliphatic rings. The van der Waals surface area contributed by atoms with E-state index in [2.05, 4.69) is 4.42 Å². The van der Waals surface area contributed by atoms with Crippen LogP contribution < -0.4 is 0 Å². The maximum absolute atomic E-state index is 12.7. The summed E-state index contributed by atoms with van der Waals surface area (Å²) in [6.45, 7) is 0. The van der Waals surface area contributed by atoms with Gasteiger partial charge in [-0.25, -0.2) is 0 Å². The minimum atomic E-state index is -6.78. The lowest BCUT2D eigenvalue weighted by atomic mass is 10.1. The zero-order valence-electron chi connectivity index (χ0n) is 7.69. The van der Waals surface area contributed by atoms with Crippen LogP contribution in [0.3, 0.4) is 0 Å². The zero-order chi connectivity index (χ0) is 14.5. The van der Waals surface area contributed by atoms with Gasteiger partial charge < -0.3 is 4.42 Å². The second kappa shape index (κ2) is 3.79. The highest BCUT2D eigenvalue weighted by atomic mass is 19.4. The zero-order valence-corrected chi connectivity index (χ0v) is 7.69. The molecule has 104 valence electrons. The van der Waals surface area contributed by atoms with E-state index in [9.17, 15) is 43.9 Å². The Morgan fingerprint density at radius 3 is 1.44 bits per heavy atom. The molecule has 0 radical (unpaired) electrons. The maximum Gasteiger partial charge on any atom is 0.460 e. The molecule has 1 aromatic rings. The van der Waals surface area contributed by atoms with Crippen molar-refractivity contribution < 1.29 is 48.3 Å². The highest BCUT2D eigenvalue weighted by Crippen LogP contribution is 2.52. The van der Waals surface area contributed by atoms with Crippen molar-refractivity contribution >= 4 is 0 Å². The van der Waals surface area contributed by atoms with Gasteiger partial charge in [-0.05, 0) is 0 Å². The predicted molar refractivity (Wildman–Crippen MR) is 33.5 cm³/mol. The Hall–Kier alpha value is -1.42. The van der Waals surface area contributed by atoms with Crippen molar-refractivity contribution in [1.82, 2.24) is 0 Å². The lowest BCUT2D eigenvalue weighted by Crippen LogP contribution is -2.50. The van der Waals surface area contributed by atoms with E-state index in [1.54, 1.807) is 0 Å². The Balaban J connectivity index is 3.42. The van der Waals surface area contributed by atoms with Gasteiger partial charge in [-0.15, -0.1) is 0 Å². The molecule has 0 spiro atoms. The first kappa shape index (κ1) is 14.6. The topological polar surface area (TPSA) is 13.1 Å². The summed E-state index contributed by atoms with van der Waals surface area (Å²) in [4.78, 5) is 0. The van der Waals surface area contributed by atoms with Crippen molar-refractivity contribution in [3.05, 3.63) is 23.4 Å². The van der Waals surface area contributed by atoms with Crippen LogP contribution in [0.15, 0.2) is 4.42 Å². The second-order valence-corrected chi connectivity index (χ2v) is 2.98. The van der Waals surface area contributed by atoms with E-state index in [0.29, 0.717) is 0 Å². The quantitative estimate of drug-likeness (QED) is 0.751. The van der Waals surface area contributed by atoms with E-state index in [1.165, 1.54) is 0 Å². The smallest absolute Gasteiger partial charge is 0.424 e. The number of hydrogen-bond acceptors (Lipinski definition) is 1. The van der Waals surface area contributed by atoms with Gasteiger partial charge >= 0.3 is 24.0 Å². The van der Waals surface area contributed by atoms with Crippen LogP contribution in [-0.4, -0.2) is 12.1 Å². The number of rotatable bonds is 2. The van der Waals surface area contributed by atoms with Crippen molar-refractivity contribution in [2.24, 2.45) is 0 Å². The molecule has 0 aliphatic heterocycles. The van der Waals surface area contributed by atoms with Crippen molar-refractivity contribution in [3.8, 4) is 0 Å². The Morgan fingerprint density at radius 2 is 1.17 bits per heavy atom. The summed E-state index contributed by atoms with van der Waals surface area (Å²) in [6, 6.07) is -2.67. The fourth-order valence-corrected chi connectivity index (χ4v) is 0.888. The first-order chi connectivity index (χ1) is 7.84. The van der Waals surface area contributed by atoms with E-state index in [4.69, 9.17) is 0 Å². The van der Waals surface area contributed by atoms with Gasteiger partial charge in [0.1, 0.15) is 0 Å². The molecule has 1 aromatic heterocycles. The molecule has 0 saturated carbocycles. The van der Waals surface area contributed by atoms with Gasteiger partial charge in [0.25, 0.3) is 0 Å². The van der Waals surface area contributed by atoms with Gasteiger partial charge in [0.15, 0.2) is 0 Å². The first-order valence-corrected chi connectivity index (χ1v) is 3.80. The molecule has 1 rings (SSSR count). The third-order valence-electron chi connectivity index (χ3n) is 1.79. The third-order valence-corrected chi connectivity index (χ3v) is 1.79. The number of alkyl halides is 7. The second-order valence-electron chi connectivity index (χ2n) is 2.98. The van der Waals surface area contributed by atoms with Gasteiger partial charge in [0.05, 0.1) is 0 Å². The van der Waals surface area contributed by atoms with Crippen molar-refractivity contribution in [1.29, 1.82) is 0 Å². The van der Waals surface area contributed by atoms with E-state index >= 15 is 0 Å². The minimum Gasteiger partial charge on any atom is -0.424 e. The van der Waals surface area contributed by atoms with Crippen molar-refractivity contribution in [2.45, 2.75) is 18.0 Å². The Labute approximate surface area is 91.0 Å². The van der Waals surface area contributed by atoms with Crippen LogP contribution in [0.25, 0.3) is 0 Å². The van der Waals surface area contributed by atoms with E-state index in [0.717, 1.165) is 0 Å². The maximum atomic E-state index is 12.7. The van der Waals surface area contributed by atoms with Crippen LogP contribution in [0.4, 0.5) is 43.9 Å². The Kier molecular flexibility index (Phi) is 3.08. The summed E-state index contributed by atoms with van der Waals surface area (Å²) in [5, 5.41) is 0. The van der Waals surface area contributed by atoms with Gasteiger partial charge in [-0.1, -0.05) is 0 Å². The lowest BCUT2D eigenvalue weighted by Gasteiger charge is -2.26. The lowest BCUT2D eigenvalue weighted by molar-refractivity contribution is -0.363. The SMILES string of the molecule is Fc1oc(C(F)(F)C(F)(F)C(F)(F)F)c(F)c1F. The van der Waals surface area contributed by atoms with Crippen LogP contribution >= 0.6 is 0 Å². The van der Waals surface area contributed by atoms with Gasteiger partial charge in [-0.3, -0.25) is 0 Å². The molecule has 0 fully saturated rings. The van der Waals surface area contributed by atoms with Crippen molar-refractivity contribution in [2.75, 3.05) is 0 Å². The molecule has 1 heterocycles. The van der Waals surface area contributed by atoms with Gasteiger partial charge in [-0.2, -0.15) is 43.9 Å². The highest BCUT2D eigenvalue weighted by Gasteiger charge is 2.76. The van der Waals surface area contributed by atoms with Crippen LogP contribution in [0.1, 0.15) is 5.76 Å². The van der Waals surface area contributed by atoms with Crippen LogP contribution in [0.5, 0.6) is 0 Å². The normalized spacial score (nSPS) is 14.1. The summed E-state index contributed by atoms with van der Waals surface area (Å²) in [5.41, 5.74) is 0. The molecule has 0 unspecified atom stereocenters.